The molecule has 0 radical (unpaired) electrons. The lowest BCUT2D eigenvalue weighted by Gasteiger charge is -2.08. The van der Waals surface area contributed by atoms with Gasteiger partial charge in [0, 0.05) is 31.4 Å². The maximum Gasteiger partial charge on any atom is 0.162 e. The maximum atomic E-state index is 4.64. The van der Waals surface area contributed by atoms with Crippen molar-refractivity contribution in [2.45, 2.75) is 6.92 Å². The van der Waals surface area contributed by atoms with E-state index in [9.17, 15) is 0 Å². The van der Waals surface area contributed by atoms with Gasteiger partial charge >= 0.3 is 0 Å². The van der Waals surface area contributed by atoms with E-state index in [1.807, 2.05) is 62.6 Å². The molecule has 0 amide bonds. The quantitative estimate of drug-likeness (QED) is 0.797. The summed E-state index contributed by atoms with van der Waals surface area (Å²) in [5.74, 6) is 1.52. The van der Waals surface area contributed by atoms with Crippen LogP contribution in [0.25, 0.3) is 22.8 Å². The number of nitrogens with one attached hydrogen (secondary N) is 1. The lowest BCUT2D eigenvalue weighted by atomic mass is 10.2. The Morgan fingerprint density at radius 3 is 2.52 bits per heavy atom. The van der Waals surface area contributed by atoms with Gasteiger partial charge in [0.2, 0.25) is 0 Å². The van der Waals surface area contributed by atoms with Gasteiger partial charge in [-0.25, -0.2) is 9.97 Å². The molecule has 5 nitrogen and oxygen atoms in total. The highest BCUT2D eigenvalue weighted by atomic mass is 15.3. The summed E-state index contributed by atoms with van der Waals surface area (Å²) in [6.45, 7) is 2.86. The summed E-state index contributed by atoms with van der Waals surface area (Å²) >= 11 is 0. The highest BCUT2D eigenvalue weighted by Crippen LogP contribution is 2.23. The molecule has 0 aliphatic heterocycles. The Kier molecular flexibility index (Phi) is 3.64. The first-order valence-corrected chi connectivity index (χ1v) is 6.94. The molecule has 106 valence electrons. The number of rotatable bonds is 4. The molecule has 3 rings (SSSR count). The van der Waals surface area contributed by atoms with Gasteiger partial charge in [-0.05, 0) is 13.0 Å². The van der Waals surface area contributed by atoms with Crippen molar-refractivity contribution in [3.05, 3.63) is 48.7 Å². The number of hydrogen-bond donors (Lipinski definition) is 1. The van der Waals surface area contributed by atoms with Crippen LogP contribution in [0.1, 0.15) is 6.92 Å². The Morgan fingerprint density at radius 2 is 1.86 bits per heavy atom. The van der Waals surface area contributed by atoms with Gasteiger partial charge in [0.05, 0.1) is 5.69 Å². The first kappa shape index (κ1) is 13.3. The third kappa shape index (κ3) is 2.91. The third-order valence-corrected chi connectivity index (χ3v) is 3.09. The smallest absolute Gasteiger partial charge is 0.162 e. The molecule has 0 bridgehead atoms. The maximum absolute atomic E-state index is 4.64. The number of aromatic nitrogens is 4. The number of aryl methyl sites for hydroxylation is 1. The highest BCUT2D eigenvalue weighted by Gasteiger charge is 2.10. The van der Waals surface area contributed by atoms with E-state index in [-0.39, 0.29) is 0 Å². The lowest BCUT2D eigenvalue weighted by Crippen LogP contribution is -2.03. The second kappa shape index (κ2) is 5.75. The molecule has 0 aliphatic carbocycles. The van der Waals surface area contributed by atoms with E-state index < -0.39 is 0 Å². The van der Waals surface area contributed by atoms with Crippen molar-refractivity contribution < 1.29 is 0 Å². The van der Waals surface area contributed by atoms with Crippen LogP contribution in [-0.4, -0.2) is 26.3 Å². The van der Waals surface area contributed by atoms with E-state index in [1.165, 1.54) is 0 Å². The molecule has 0 aliphatic rings. The zero-order valence-electron chi connectivity index (χ0n) is 12.1. The van der Waals surface area contributed by atoms with E-state index in [0.717, 1.165) is 29.3 Å². The Bertz CT molecular complexity index is 733. The number of hydrogen-bond acceptors (Lipinski definition) is 4. The third-order valence-electron chi connectivity index (χ3n) is 3.09. The Balaban J connectivity index is 2.10. The molecule has 1 aromatic carbocycles. The number of nitrogens with zero attached hydrogens (tertiary/aromatic N) is 4. The van der Waals surface area contributed by atoms with Crippen LogP contribution in [0.2, 0.25) is 0 Å². The van der Waals surface area contributed by atoms with Crippen LogP contribution in [0.15, 0.2) is 48.7 Å². The van der Waals surface area contributed by atoms with Crippen LogP contribution in [0.4, 0.5) is 5.82 Å². The van der Waals surface area contributed by atoms with Gasteiger partial charge in [0.1, 0.15) is 11.5 Å². The second-order valence-corrected chi connectivity index (χ2v) is 4.73. The Labute approximate surface area is 123 Å². The molecule has 0 unspecified atom stereocenters. The van der Waals surface area contributed by atoms with Crippen LogP contribution in [0.5, 0.6) is 0 Å². The molecule has 3 aromatic rings. The van der Waals surface area contributed by atoms with Crippen LogP contribution in [-0.2, 0) is 7.05 Å². The molecule has 2 aromatic heterocycles. The van der Waals surface area contributed by atoms with E-state index >= 15 is 0 Å². The van der Waals surface area contributed by atoms with E-state index in [1.54, 1.807) is 4.68 Å². The topological polar surface area (TPSA) is 55.6 Å². The van der Waals surface area contributed by atoms with Crippen molar-refractivity contribution in [3.8, 4) is 22.8 Å². The summed E-state index contributed by atoms with van der Waals surface area (Å²) in [6, 6.07) is 13.8. The molecule has 0 saturated carbocycles. The first-order chi connectivity index (χ1) is 10.3. The predicted molar refractivity (Wildman–Crippen MR) is 83.8 cm³/mol. The molecule has 21 heavy (non-hydrogen) atoms. The molecular weight excluding hydrogens is 262 g/mol. The Hall–Kier alpha value is -2.69. The van der Waals surface area contributed by atoms with Crippen LogP contribution < -0.4 is 5.32 Å². The van der Waals surface area contributed by atoms with Gasteiger partial charge in [-0.3, -0.25) is 4.68 Å². The highest BCUT2D eigenvalue weighted by molar-refractivity contribution is 5.65. The lowest BCUT2D eigenvalue weighted by molar-refractivity contribution is 0.770. The van der Waals surface area contributed by atoms with Crippen molar-refractivity contribution in [1.82, 2.24) is 19.7 Å². The normalized spacial score (nSPS) is 10.6. The zero-order valence-corrected chi connectivity index (χ0v) is 12.1. The summed E-state index contributed by atoms with van der Waals surface area (Å²) < 4.78 is 1.77. The molecule has 0 spiro atoms. The molecular formula is C16H17N5. The summed E-state index contributed by atoms with van der Waals surface area (Å²) in [7, 11) is 1.90. The average Bonchev–Trinajstić information content (AvgIpc) is 2.95. The fourth-order valence-corrected chi connectivity index (χ4v) is 2.12. The average molecular weight is 279 g/mol. The summed E-state index contributed by atoms with van der Waals surface area (Å²) in [4.78, 5) is 9.21. The van der Waals surface area contributed by atoms with Gasteiger partial charge in [0.25, 0.3) is 0 Å². The van der Waals surface area contributed by atoms with Crippen LogP contribution in [0, 0.1) is 0 Å². The monoisotopic (exact) mass is 279 g/mol. The van der Waals surface area contributed by atoms with Gasteiger partial charge in [-0.15, -0.1) is 0 Å². The van der Waals surface area contributed by atoms with Gasteiger partial charge < -0.3 is 5.32 Å². The molecule has 5 heteroatoms. The molecule has 0 fully saturated rings. The summed E-state index contributed by atoms with van der Waals surface area (Å²) in [5.41, 5.74) is 2.66. The van der Waals surface area contributed by atoms with Gasteiger partial charge in [0.15, 0.2) is 5.82 Å². The van der Waals surface area contributed by atoms with Gasteiger partial charge in [-0.1, -0.05) is 30.3 Å². The number of anilines is 1. The van der Waals surface area contributed by atoms with E-state index in [0.29, 0.717) is 5.82 Å². The number of benzene rings is 1. The molecule has 1 N–H and O–H groups in total. The van der Waals surface area contributed by atoms with Crippen molar-refractivity contribution in [1.29, 1.82) is 0 Å². The minimum Gasteiger partial charge on any atom is -0.370 e. The van der Waals surface area contributed by atoms with Crippen molar-refractivity contribution >= 4 is 5.82 Å². The molecule has 0 atom stereocenters. The SMILES string of the molecule is CCNc1cc(-c2ccn(C)n2)nc(-c2ccccc2)n1. The van der Waals surface area contributed by atoms with Crippen molar-refractivity contribution in [3.63, 3.8) is 0 Å². The van der Waals surface area contributed by atoms with Crippen LogP contribution >= 0.6 is 0 Å². The Morgan fingerprint density at radius 1 is 1.05 bits per heavy atom. The fourth-order valence-electron chi connectivity index (χ4n) is 2.12. The zero-order chi connectivity index (χ0) is 14.7. The predicted octanol–water partition coefficient (Wildman–Crippen LogP) is 2.98. The van der Waals surface area contributed by atoms with Crippen LogP contribution in [0.3, 0.4) is 0 Å². The largest absolute Gasteiger partial charge is 0.370 e. The molecule has 2 heterocycles. The minimum atomic E-state index is 0.703. The molecule has 0 saturated heterocycles. The second-order valence-electron chi connectivity index (χ2n) is 4.73. The fraction of sp³-hybridized carbons (Fsp3) is 0.188. The van der Waals surface area contributed by atoms with E-state index in [2.05, 4.69) is 20.4 Å². The van der Waals surface area contributed by atoms with Crippen molar-refractivity contribution in [2.24, 2.45) is 7.05 Å². The minimum absolute atomic E-state index is 0.703. The summed E-state index contributed by atoms with van der Waals surface area (Å²) in [6.07, 6.45) is 1.91. The van der Waals surface area contributed by atoms with E-state index in [4.69, 9.17) is 0 Å². The van der Waals surface area contributed by atoms with Gasteiger partial charge in [-0.2, -0.15) is 5.10 Å². The standard InChI is InChI=1S/C16H17N5/c1-3-17-15-11-14(13-9-10-21(2)20-13)18-16(19-15)12-7-5-4-6-8-12/h4-11H,3H2,1-2H3,(H,17,18,19). The summed E-state index contributed by atoms with van der Waals surface area (Å²) in [5, 5.41) is 7.66. The van der Waals surface area contributed by atoms with Crippen molar-refractivity contribution in [2.75, 3.05) is 11.9 Å². The first-order valence-electron chi connectivity index (χ1n) is 6.94.